The Labute approximate surface area is 228 Å². The van der Waals surface area contributed by atoms with Gasteiger partial charge < -0.3 is 14.0 Å². The minimum Gasteiger partial charge on any atom is -0.335 e. The topological polar surface area (TPSA) is 109 Å². The number of nitrogens with one attached hydrogen (secondary N) is 1. The predicted octanol–water partition coefficient (Wildman–Crippen LogP) is 5.30. The van der Waals surface area contributed by atoms with Crippen molar-refractivity contribution in [2.24, 2.45) is 5.92 Å². The molecule has 9 nitrogen and oxygen atoms in total. The molecular formula is C30H33N7O2. The maximum Gasteiger partial charge on any atom is 0.257 e. The number of anilines is 2. The minimum atomic E-state index is -0.300. The van der Waals surface area contributed by atoms with E-state index < -0.39 is 0 Å². The highest BCUT2D eigenvalue weighted by Gasteiger charge is 2.25. The maximum atomic E-state index is 13.2. The highest BCUT2D eigenvalue weighted by molar-refractivity contribution is 6.04. The second-order valence-corrected chi connectivity index (χ2v) is 10.2. The second-order valence-electron chi connectivity index (χ2n) is 10.2. The van der Waals surface area contributed by atoms with E-state index in [0.717, 1.165) is 55.7 Å². The third-order valence-corrected chi connectivity index (χ3v) is 7.61. The summed E-state index contributed by atoms with van der Waals surface area (Å²) in [5.74, 6) is 1.33. The number of hydrogen-bond donors (Lipinski definition) is 1. The first kappa shape index (κ1) is 26.2. The largest absolute Gasteiger partial charge is 0.335 e. The van der Waals surface area contributed by atoms with Gasteiger partial charge in [-0.2, -0.15) is 5.26 Å². The summed E-state index contributed by atoms with van der Waals surface area (Å²) in [6.45, 7) is 3.39. The zero-order valence-electron chi connectivity index (χ0n) is 22.4. The summed E-state index contributed by atoms with van der Waals surface area (Å²) < 4.78 is 4.11. The third-order valence-electron chi connectivity index (χ3n) is 7.61. The standard InChI is InChI=1S/C30H33N7O2/c1-21-32-15-18-36(21)16-6-17-37-27-14-13-25(35(2)29(39)24-7-4-3-5-8-24)19-26(27)33-30(37)34-28(38)23-11-9-22(20-31)10-12-23/h9-15,18-19,24H,3-8,16-17H2,1-2H3,(H,33,34,38). The van der Waals surface area contributed by atoms with Gasteiger partial charge in [0.25, 0.3) is 5.91 Å². The van der Waals surface area contributed by atoms with Gasteiger partial charge in [0.05, 0.1) is 22.7 Å². The quantitative estimate of drug-likeness (QED) is 0.337. The fraction of sp³-hybridized carbons (Fsp3) is 0.367. The average Bonchev–Trinajstić information content (AvgIpc) is 3.54. The van der Waals surface area contributed by atoms with Gasteiger partial charge in [0, 0.05) is 49.7 Å². The molecule has 0 atom stereocenters. The molecule has 0 unspecified atom stereocenters. The highest BCUT2D eigenvalue weighted by atomic mass is 16.2. The Morgan fingerprint density at radius 1 is 1.10 bits per heavy atom. The lowest BCUT2D eigenvalue weighted by molar-refractivity contribution is -0.123. The van der Waals surface area contributed by atoms with Crippen LogP contribution in [0.2, 0.25) is 0 Å². The molecule has 1 saturated carbocycles. The van der Waals surface area contributed by atoms with Gasteiger partial charge >= 0.3 is 0 Å². The van der Waals surface area contributed by atoms with E-state index in [1.807, 2.05) is 42.9 Å². The maximum absolute atomic E-state index is 13.2. The lowest BCUT2D eigenvalue weighted by atomic mass is 9.88. The number of nitriles is 1. The monoisotopic (exact) mass is 523 g/mol. The summed E-state index contributed by atoms with van der Waals surface area (Å²) in [5, 5.41) is 12.0. The van der Waals surface area contributed by atoms with E-state index in [2.05, 4.69) is 20.9 Å². The number of carbonyl (C=O) groups is 2. The number of nitrogens with zero attached hydrogens (tertiary/aromatic N) is 6. The molecule has 5 rings (SSSR count). The fourth-order valence-electron chi connectivity index (χ4n) is 5.31. The SMILES string of the molecule is Cc1nccn1CCCn1c(NC(=O)c2ccc(C#N)cc2)nc2cc(N(C)C(=O)C3CCCCC3)ccc21. The van der Waals surface area contributed by atoms with Gasteiger partial charge in [-0.15, -0.1) is 0 Å². The van der Waals surface area contributed by atoms with Crippen molar-refractivity contribution in [2.45, 2.75) is 58.5 Å². The molecule has 0 bridgehead atoms. The molecule has 0 aliphatic heterocycles. The van der Waals surface area contributed by atoms with Crippen LogP contribution in [-0.4, -0.2) is 38.0 Å². The number of benzene rings is 2. The van der Waals surface area contributed by atoms with Crippen molar-refractivity contribution >= 4 is 34.5 Å². The molecule has 2 heterocycles. The lowest BCUT2D eigenvalue weighted by Crippen LogP contribution is -2.33. The van der Waals surface area contributed by atoms with Gasteiger partial charge in [-0.3, -0.25) is 14.9 Å². The summed E-state index contributed by atoms with van der Waals surface area (Å²) >= 11 is 0. The van der Waals surface area contributed by atoms with Crippen LogP contribution in [0.3, 0.4) is 0 Å². The van der Waals surface area contributed by atoms with Crippen molar-refractivity contribution in [3.63, 3.8) is 0 Å². The van der Waals surface area contributed by atoms with E-state index in [1.54, 1.807) is 35.4 Å². The van der Waals surface area contributed by atoms with Crippen molar-refractivity contribution < 1.29 is 9.59 Å². The van der Waals surface area contributed by atoms with Crippen LogP contribution in [0.5, 0.6) is 0 Å². The molecule has 1 N–H and O–H groups in total. The molecule has 1 fully saturated rings. The second kappa shape index (κ2) is 11.5. The Morgan fingerprint density at radius 2 is 1.87 bits per heavy atom. The first-order valence-electron chi connectivity index (χ1n) is 13.5. The normalized spacial score (nSPS) is 13.8. The Kier molecular flexibility index (Phi) is 7.73. The molecule has 1 aliphatic rings. The fourth-order valence-corrected chi connectivity index (χ4v) is 5.31. The zero-order chi connectivity index (χ0) is 27.4. The number of aromatic nitrogens is 4. The van der Waals surface area contributed by atoms with Gasteiger partial charge in [-0.25, -0.2) is 9.97 Å². The first-order valence-corrected chi connectivity index (χ1v) is 13.5. The number of imidazole rings is 2. The molecule has 0 spiro atoms. The van der Waals surface area contributed by atoms with Crippen LogP contribution < -0.4 is 10.2 Å². The van der Waals surface area contributed by atoms with Gasteiger partial charge in [0.15, 0.2) is 0 Å². The number of aryl methyl sites for hydroxylation is 3. The molecule has 200 valence electrons. The molecule has 0 radical (unpaired) electrons. The molecule has 9 heteroatoms. The summed E-state index contributed by atoms with van der Waals surface area (Å²) in [7, 11) is 1.83. The van der Waals surface area contributed by atoms with Crippen LogP contribution >= 0.6 is 0 Å². The first-order chi connectivity index (χ1) is 18.9. The van der Waals surface area contributed by atoms with Gasteiger partial charge in [0.2, 0.25) is 11.9 Å². The summed E-state index contributed by atoms with van der Waals surface area (Å²) in [6.07, 6.45) is 9.86. The zero-order valence-corrected chi connectivity index (χ0v) is 22.4. The van der Waals surface area contributed by atoms with Gasteiger partial charge in [-0.1, -0.05) is 19.3 Å². The van der Waals surface area contributed by atoms with Crippen LogP contribution in [-0.2, 0) is 17.9 Å². The van der Waals surface area contributed by atoms with Crippen molar-refractivity contribution in [2.75, 3.05) is 17.3 Å². The van der Waals surface area contributed by atoms with E-state index in [-0.39, 0.29) is 17.7 Å². The van der Waals surface area contributed by atoms with E-state index in [4.69, 9.17) is 10.2 Å². The van der Waals surface area contributed by atoms with Crippen molar-refractivity contribution in [1.82, 2.24) is 19.1 Å². The van der Waals surface area contributed by atoms with E-state index in [0.29, 0.717) is 29.1 Å². The summed E-state index contributed by atoms with van der Waals surface area (Å²) in [6, 6.07) is 14.4. The van der Waals surface area contributed by atoms with Crippen molar-refractivity contribution in [1.29, 1.82) is 5.26 Å². The average molecular weight is 524 g/mol. The number of fused-ring (bicyclic) bond motifs is 1. The van der Waals surface area contributed by atoms with Gasteiger partial charge in [0.1, 0.15) is 5.82 Å². The molecular weight excluding hydrogens is 490 g/mol. The summed E-state index contributed by atoms with van der Waals surface area (Å²) in [5.41, 5.74) is 3.33. The van der Waals surface area contributed by atoms with Crippen LogP contribution in [0.4, 0.5) is 11.6 Å². The molecule has 0 saturated heterocycles. The molecule has 2 aromatic carbocycles. The molecule has 1 aliphatic carbocycles. The van der Waals surface area contributed by atoms with Crippen molar-refractivity contribution in [3.05, 3.63) is 71.8 Å². The molecule has 4 aromatic rings. The Morgan fingerprint density at radius 3 is 2.56 bits per heavy atom. The predicted molar refractivity (Wildman–Crippen MR) is 150 cm³/mol. The number of carbonyl (C=O) groups excluding carboxylic acids is 2. The third kappa shape index (κ3) is 5.70. The Hall–Kier alpha value is -4.45. The Balaban J connectivity index is 1.42. The van der Waals surface area contributed by atoms with Crippen molar-refractivity contribution in [3.8, 4) is 6.07 Å². The molecule has 2 aromatic heterocycles. The smallest absolute Gasteiger partial charge is 0.257 e. The van der Waals surface area contributed by atoms with E-state index in [1.165, 1.54) is 6.42 Å². The number of amides is 2. The van der Waals surface area contributed by atoms with Crippen LogP contribution in [0.15, 0.2) is 54.9 Å². The molecule has 2 amide bonds. The van der Waals surface area contributed by atoms with Gasteiger partial charge in [-0.05, 0) is 68.7 Å². The van der Waals surface area contributed by atoms with E-state index >= 15 is 0 Å². The Bertz CT molecular complexity index is 1520. The highest BCUT2D eigenvalue weighted by Crippen LogP contribution is 2.29. The number of hydrogen-bond acceptors (Lipinski definition) is 5. The summed E-state index contributed by atoms with van der Waals surface area (Å²) in [4.78, 5) is 37.0. The van der Waals surface area contributed by atoms with Crippen LogP contribution in [0.1, 0.15) is 60.3 Å². The van der Waals surface area contributed by atoms with E-state index in [9.17, 15) is 9.59 Å². The molecule has 39 heavy (non-hydrogen) atoms. The van der Waals surface area contributed by atoms with Crippen LogP contribution in [0, 0.1) is 24.2 Å². The minimum absolute atomic E-state index is 0.0749. The van der Waals surface area contributed by atoms with Crippen LogP contribution in [0.25, 0.3) is 11.0 Å². The number of rotatable bonds is 8. The lowest BCUT2D eigenvalue weighted by Gasteiger charge is -2.26.